The van der Waals surface area contributed by atoms with Gasteiger partial charge < -0.3 is 9.84 Å². The molecule has 1 N–H and O–H groups in total. The number of benzene rings is 2. The van der Waals surface area contributed by atoms with Gasteiger partial charge in [0, 0.05) is 18.1 Å². The summed E-state index contributed by atoms with van der Waals surface area (Å²) < 4.78 is 19.0. The minimum absolute atomic E-state index is 0.361. The summed E-state index contributed by atoms with van der Waals surface area (Å²) >= 11 is 11.9. The first-order valence-corrected chi connectivity index (χ1v) is 6.89. The molecule has 1 heterocycles. The average Bonchev–Trinajstić information content (AvgIpc) is 2.41. The predicted molar refractivity (Wildman–Crippen MR) is 75.8 cm³/mol. The second kappa shape index (κ2) is 5.24. The Balaban J connectivity index is 1.96. The number of hydrogen-bond donors (Lipinski definition) is 1. The van der Waals surface area contributed by atoms with E-state index in [0.717, 1.165) is 5.56 Å². The first kappa shape index (κ1) is 13.7. The molecule has 2 nitrogen and oxygen atoms in total. The van der Waals surface area contributed by atoms with Crippen molar-refractivity contribution in [1.29, 1.82) is 0 Å². The summed E-state index contributed by atoms with van der Waals surface area (Å²) in [4.78, 5) is 0. The standard InChI is InChI=1S/C15H11Cl2FO2/c16-11-4-1-8(5-12(11)17)14-7-13(19)10-3-2-9(18)6-15(10)20-14/h1-6,13-14,19H,7H2/t13-,14?/m1/s1. The van der Waals surface area contributed by atoms with Gasteiger partial charge in [0.1, 0.15) is 17.7 Å². The van der Waals surface area contributed by atoms with Gasteiger partial charge in [-0.05, 0) is 29.8 Å². The number of halogens is 3. The van der Waals surface area contributed by atoms with Gasteiger partial charge in [0.15, 0.2) is 0 Å². The molecule has 2 aromatic carbocycles. The Morgan fingerprint density at radius 2 is 1.90 bits per heavy atom. The number of hydrogen-bond acceptors (Lipinski definition) is 2. The van der Waals surface area contributed by atoms with Crippen LogP contribution in [0.5, 0.6) is 5.75 Å². The smallest absolute Gasteiger partial charge is 0.128 e. The van der Waals surface area contributed by atoms with Crippen LogP contribution in [-0.4, -0.2) is 5.11 Å². The molecule has 1 aliphatic heterocycles. The molecule has 0 aliphatic carbocycles. The summed E-state index contributed by atoms with van der Waals surface area (Å²) in [6, 6.07) is 9.30. The predicted octanol–water partition coefficient (Wildman–Crippen LogP) is 4.69. The van der Waals surface area contributed by atoms with E-state index in [-0.39, 0.29) is 6.10 Å². The quantitative estimate of drug-likeness (QED) is 0.827. The molecule has 20 heavy (non-hydrogen) atoms. The first-order valence-electron chi connectivity index (χ1n) is 6.13. The highest BCUT2D eigenvalue weighted by Crippen LogP contribution is 2.41. The molecule has 0 radical (unpaired) electrons. The van der Waals surface area contributed by atoms with E-state index in [1.54, 1.807) is 24.3 Å². The van der Waals surface area contributed by atoms with Crippen molar-refractivity contribution in [3.05, 3.63) is 63.4 Å². The molecule has 0 aromatic heterocycles. The zero-order valence-corrected chi connectivity index (χ0v) is 11.8. The molecular weight excluding hydrogens is 302 g/mol. The van der Waals surface area contributed by atoms with Gasteiger partial charge in [-0.2, -0.15) is 0 Å². The minimum atomic E-state index is -0.696. The molecule has 2 atom stereocenters. The van der Waals surface area contributed by atoms with Gasteiger partial charge in [-0.3, -0.25) is 0 Å². The monoisotopic (exact) mass is 312 g/mol. The van der Waals surface area contributed by atoms with E-state index >= 15 is 0 Å². The molecule has 1 aliphatic rings. The summed E-state index contributed by atoms with van der Waals surface area (Å²) in [5.41, 5.74) is 1.40. The van der Waals surface area contributed by atoms with Crippen molar-refractivity contribution >= 4 is 23.2 Å². The molecule has 0 saturated carbocycles. The van der Waals surface area contributed by atoms with E-state index in [1.807, 2.05) is 0 Å². The first-order chi connectivity index (χ1) is 9.54. The van der Waals surface area contributed by atoms with Crippen LogP contribution < -0.4 is 4.74 Å². The van der Waals surface area contributed by atoms with Crippen LogP contribution in [-0.2, 0) is 0 Å². The zero-order valence-electron chi connectivity index (χ0n) is 10.3. The van der Waals surface area contributed by atoms with E-state index in [9.17, 15) is 9.50 Å². The van der Waals surface area contributed by atoms with Crippen LogP contribution in [0.2, 0.25) is 10.0 Å². The maximum absolute atomic E-state index is 13.3. The lowest BCUT2D eigenvalue weighted by molar-refractivity contribution is 0.0654. The van der Waals surface area contributed by atoms with E-state index in [2.05, 4.69) is 0 Å². The second-order valence-corrected chi connectivity index (χ2v) is 5.53. The molecule has 2 aromatic rings. The maximum atomic E-state index is 13.3. The van der Waals surface area contributed by atoms with E-state index in [1.165, 1.54) is 12.1 Å². The third-order valence-electron chi connectivity index (χ3n) is 3.36. The highest BCUT2D eigenvalue weighted by Gasteiger charge is 2.28. The van der Waals surface area contributed by atoms with Crippen molar-refractivity contribution < 1.29 is 14.2 Å². The normalized spacial score (nSPS) is 21.2. The van der Waals surface area contributed by atoms with Crippen LogP contribution >= 0.6 is 23.2 Å². The van der Waals surface area contributed by atoms with Gasteiger partial charge in [-0.15, -0.1) is 0 Å². The molecule has 0 saturated heterocycles. The summed E-state index contributed by atoms with van der Waals surface area (Å²) in [5.74, 6) is -0.0365. The lowest BCUT2D eigenvalue weighted by Gasteiger charge is -2.30. The maximum Gasteiger partial charge on any atom is 0.128 e. The largest absolute Gasteiger partial charge is 0.485 e. The Morgan fingerprint density at radius 1 is 1.10 bits per heavy atom. The van der Waals surface area contributed by atoms with E-state index < -0.39 is 11.9 Å². The van der Waals surface area contributed by atoms with Crippen molar-refractivity contribution in [2.24, 2.45) is 0 Å². The van der Waals surface area contributed by atoms with Crippen LogP contribution in [0.3, 0.4) is 0 Å². The van der Waals surface area contributed by atoms with Crippen molar-refractivity contribution in [2.75, 3.05) is 0 Å². The van der Waals surface area contributed by atoms with Gasteiger partial charge in [0.05, 0.1) is 16.1 Å². The van der Waals surface area contributed by atoms with Gasteiger partial charge in [0.2, 0.25) is 0 Å². The fourth-order valence-corrected chi connectivity index (χ4v) is 2.64. The lowest BCUT2D eigenvalue weighted by atomic mass is 9.95. The number of aliphatic hydroxyl groups excluding tert-OH is 1. The average molecular weight is 313 g/mol. The fourth-order valence-electron chi connectivity index (χ4n) is 2.33. The van der Waals surface area contributed by atoms with Crippen LogP contribution in [0.1, 0.15) is 29.8 Å². The Morgan fingerprint density at radius 3 is 2.65 bits per heavy atom. The third-order valence-corrected chi connectivity index (χ3v) is 4.10. The Kier molecular flexibility index (Phi) is 3.59. The molecule has 104 valence electrons. The van der Waals surface area contributed by atoms with Crippen molar-refractivity contribution in [1.82, 2.24) is 0 Å². The topological polar surface area (TPSA) is 29.5 Å². The zero-order chi connectivity index (χ0) is 14.3. The van der Waals surface area contributed by atoms with Crippen molar-refractivity contribution in [3.8, 4) is 5.75 Å². The Labute approximate surface area is 125 Å². The van der Waals surface area contributed by atoms with Gasteiger partial charge in [-0.1, -0.05) is 29.3 Å². The fraction of sp³-hybridized carbons (Fsp3) is 0.200. The minimum Gasteiger partial charge on any atom is -0.485 e. The SMILES string of the molecule is O[C@@H]1CC(c2ccc(Cl)c(Cl)c2)Oc2cc(F)ccc21. The summed E-state index contributed by atoms with van der Waals surface area (Å²) in [5, 5.41) is 11.0. The van der Waals surface area contributed by atoms with Crippen LogP contribution in [0, 0.1) is 5.82 Å². The van der Waals surface area contributed by atoms with Gasteiger partial charge in [0.25, 0.3) is 0 Å². The number of aliphatic hydroxyl groups is 1. The van der Waals surface area contributed by atoms with Crippen molar-refractivity contribution in [2.45, 2.75) is 18.6 Å². The number of ether oxygens (including phenoxy) is 1. The molecule has 0 spiro atoms. The third kappa shape index (κ3) is 2.49. The Hall–Kier alpha value is -1.29. The summed E-state index contributed by atoms with van der Waals surface area (Å²) in [7, 11) is 0. The number of fused-ring (bicyclic) bond motifs is 1. The molecule has 0 fully saturated rings. The summed E-state index contributed by atoms with van der Waals surface area (Å²) in [6.07, 6.45) is -0.691. The highest BCUT2D eigenvalue weighted by atomic mass is 35.5. The molecule has 5 heteroatoms. The van der Waals surface area contributed by atoms with Crippen molar-refractivity contribution in [3.63, 3.8) is 0 Å². The van der Waals surface area contributed by atoms with E-state index in [0.29, 0.717) is 27.8 Å². The highest BCUT2D eigenvalue weighted by molar-refractivity contribution is 6.42. The van der Waals surface area contributed by atoms with Gasteiger partial charge in [-0.25, -0.2) is 4.39 Å². The van der Waals surface area contributed by atoms with Crippen LogP contribution in [0.15, 0.2) is 36.4 Å². The van der Waals surface area contributed by atoms with Crippen LogP contribution in [0.4, 0.5) is 4.39 Å². The lowest BCUT2D eigenvalue weighted by Crippen LogP contribution is -2.19. The van der Waals surface area contributed by atoms with Gasteiger partial charge >= 0.3 is 0 Å². The molecule has 0 bridgehead atoms. The molecular formula is C15H11Cl2FO2. The molecule has 1 unspecified atom stereocenters. The summed E-state index contributed by atoms with van der Waals surface area (Å²) in [6.45, 7) is 0. The Bertz CT molecular complexity index is 660. The molecule has 3 rings (SSSR count). The van der Waals surface area contributed by atoms with E-state index in [4.69, 9.17) is 27.9 Å². The second-order valence-electron chi connectivity index (χ2n) is 4.71. The number of rotatable bonds is 1. The van der Waals surface area contributed by atoms with Crippen LogP contribution in [0.25, 0.3) is 0 Å². The molecule has 0 amide bonds.